The highest BCUT2D eigenvalue weighted by Gasteiger charge is 2.11. The van der Waals surface area contributed by atoms with Gasteiger partial charge < -0.3 is 20.7 Å². The van der Waals surface area contributed by atoms with Gasteiger partial charge in [0.15, 0.2) is 0 Å². The van der Waals surface area contributed by atoms with Crippen molar-refractivity contribution in [1.29, 1.82) is 0 Å². The molecule has 22 heavy (non-hydrogen) atoms. The summed E-state index contributed by atoms with van der Waals surface area (Å²) < 4.78 is 9.80. The molecule has 4 N–H and O–H groups in total. The molecule has 0 rings (SSSR count). The van der Waals surface area contributed by atoms with Crippen LogP contribution in [0.2, 0.25) is 0 Å². The minimum Gasteiger partial charge on any atom is -0.481 e. The number of hydrogen-bond acceptors (Lipinski definition) is 6. The molecule has 0 spiro atoms. The molecule has 0 atom stereocenters. The summed E-state index contributed by atoms with van der Waals surface area (Å²) in [4.78, 5) is 32.6. The van der Waals surface area contributed by atoms with Gasteiger partial charge >= 0.3 is 17.9 Å². The van der Waals surface area contributed by atoms with Crippen LogP contribution in [0.15, 0.2) is 24.3 Å². The molecule has 7 nitrogen and oxygen atoms in total. The van der Waals surface area contributed by atoms with Gasteiger partial charge in [-0.05, 0) is 32.6 Å². The first-order valence-corrected chi connectivity index (χ1v) is 6.83. The topological polar surface area (TPSA) is 125 Å². The number of ether oxygens (including phenoxy) is 2. The summed E-state index contributed by atoms with van der Waals surface area (Å²) in [5, 5.41) is 8.49. The second kappa shape index (κ2) is 13.8. The molecule has 0 bridgehead atoms. The first-order chi connectivity index (χ1) is 9.97. The van der Waals surface area contributed by atoms with Crippen LogP contribution in [0, 0.1) is 0 Å². The van der Waals surface area contributed by atoms with E-state index in [4.69, 9.17) is 14.6 Å². The van der Waals surface area contributed by atoms with Gasteiger partial charge in [-0.15, -0.1) is 0 Å². The second-order valence-electron chi connectivity index (χ2n) is 4.39. The molecule has 0 aromatic carbocycles. The maximum Gasteiger partial charge on any atom is 0.333 e. The number of carboxylic acid groups (broad SMARTS) is 1. The van der Waals surface area contributed by atoms with Crippen LogP contribution in [0.25, 0.3) is 0 Å². The monoisotopic (exact) mass is 315 g/mol. The number of esters is 2. The van der Waals surface area contributed by atoms with Crippen LogP contribution < -0.4 is 6.15 Å². The van der Waals surface area contributed by atoms with E-state index in [0.29, 0.717) is 13.0 Å². The number of carbonyl (C=O) groups excluding carboxylic acids is 2. The van der Waals surface area contributed by atoms with Crippen LogP contribution in [-0.2, 0) is 23.9 Å². The molecule has 0 aromatic rings. The van der Waals surface area contributed by atoms with Crippen molar-refractivity contribution in [2.75, 3.05) is 13.2 Å². The third-order valence-corrected chi connectivity index (χ3v) is 2.47. The summed E-state index contributed by atoms with van der Waals surface area (Å²) in [6.45, 7) is 5.71. The van der Waals surface area contributed by atoms with Gasteiger partial charge in [0.2, 0.25) is 0 Å². The zero-order chi connectivity index (χ0) is 16.1. The van der Waals surface area contributed by atoms with Gasteiger partial charge in [0, 0.05) is 11.6 Å². The number of carbonyl (C=O) groups is 3. The minimum absolute atomic E-state index is 0. The van der Waals surface area contributed by atoms with Crippen molar-refractivity contribution in [2.24, 2.45) is 0 Å². The zero-order valence-corrected chi connectivity index (χ0v) is 13.0. The Morgan fingerprint density at radius 1 is 1.05 bits per heavy atom. The highest BCUT2D eigenvalue weighted by Crippen LogP contribution is 2.04. The Hall–Kier alpha value is -2.15. The van der Waals surface area contributed by atoms with E-state index in [1.807, 2.05) is 0 Å². The van der Waals surface area contributed by atoms with Crippen molar-refractivity contribution in [1.82, 2.24) is 6.15 Å². The molecule has 0 aromatic heterocycles. The molecule has 126 valence electrons. The van der Waals surface area contributed by atoms with E-state index in [9.17, 15) is 14.4 Å². The van der Waals surface area contributed by atoms with Crippen LogP contribution in [-0.4, -0.2) is 36.2 Å². The van der Waals surface area contributed by atoms with Crippen LogP contribution in [0.1, 0.15) is 39.0 Å². The Bertz CT molecular complexity index is 403. The van der Waals surface area contributed by atoms with Gasteiger partial charge in [-0.3, -0.25) is 4.79 Å². The first-order valence-electron chi connectivity index (χ1n) is 6.83. The van der Waals surface area contributed by atoms with Crippen molar-refractivity contribution in [3.8, 4) is 0 Å². The molecule has 0 aliphatic heterocycles. The standard InChI is InChI=1S/C15H22O6.H3N/c1-3-8-14(18)20-9-6-4-5-7-10-21-15(19)12(2)11-13(16)17;/h3,8H,2,4-7,9-11H2,1H3,(H,16,17);1H3. The summed E-state index contributed by atoms with van der Waals surface area (Å²) in [6, 6.07) is 0. The fraction of sp³-hybridized carbons (Fsp3) is 0.533. The van der Waals surface area contributed by atoms with Crippen molar-refractivity contribution in [3.63, 3.8) is 0 Å². The lowest BCUT2D eigenvalue weighted by atomic mass is 10.2. The van der Waals surface area contributed by atoms with Gasteiger partial charge in [0.1, 0.15) is 0 Å². The molecular weight excluding hydrogens is 290 g/mol. The largest absolute Gasteiger partial charge is 0.481 e. The molecule has 0 unspecified atom stereocenters. The summed E-state index contributed by atoms with van der Waals surface area (Å²) in [7, 11) is 0. The Kier molecular flexibility index (Phi) is 13.9. The summed E-state index contributed by atoms with van der Waals surface area (Å²) in [5.41, 5.74) is -0.0570. The average molecular weight is 315 g/mol. The van der Waals surface area contributed by atoms with Gasteiger partial charge in [0.05, 0.1) is 19.6 Å². The fourth-order valence-corrected chi connectivity index (χ4v) is 1.44. The Balaban J connectivity index is 0. The van der Waals surface area contributed by atoms with Gasteiger partial charge in [-0.2, -0.15) is 0 Å². The summed E-state index contributed by atoms with van der Waals surface area (Å²) >= 11 is 0. The molecule has 0 saturated carbocycles. The van der Waals surface area contributed by atoms with Gasteiger partial charge in [-0.25, -0.2) is 9.59 Å². The van der Waals surface area contributed by atoms with Crippen molar-refractivity contribution in [2.45, 2.75) is 39.0 Å². The average Bonchev–Trinajstić information content (AvgIpc) is 2.41. The Morgan fingerprint density at radius 3 is 2.09 bits per heavy atom. The zero-order valence-electron chi connectivity index (χ0n) is 13.0. The van der Waals surface area contributed by atoms with E-state index in [1.54, 1.807) is 13.0 Å². The number of aliphatic carboxylic acids is 1. The first kappa shape index (κ1) is 22.1. The van der Waals surface area contributed by atoms with Gasteiger partial charge in [-0.1, -0.05) is 12.7 Å². The summed E-state index contributed by atoms with van der Waals surface area (Å²) in [6.07, 6.45) is 5.70. The molecule has 0 saturated heterocycles. The predicted octanol–water partition coefficient (Wildman–Crippen LogP) is 2.40. The lowest BCUT2D eigenvalue weighted by molar-refractivity contribution is -0.142. The lowest BCUT2D eigenvalue weighted by Gasteiger charge is -2.06. The third kappa shape index (κ3) is 12.9. The van der Waals surface area contributed by atoms with E-state index in [2.05, 4.69) is 6.58 Å². The number of rotatable bonds is 11. The number of hydrogen-bond donors (Lipinski definition) is 2. The van der Waals surface area contributed by atoms with Crippen molar-refractivity contribution in [3.05, 3.63) is 24.3 Å². The molecule has 0 radical (unpaired) electrons. The molecular formula is C15H25NO6. The molecule has 7 heteroatoms. The molecule has 0 aliphatic carbocycles. The minimum atomic E-state index is -1.11. The maximum atomic E-state index is 11.3. The number of unbranched alkanes of at least 4 members (excludes halogenated alkanes) is 3. The molecule has 0 aliphatic rings. The maximum absolute atomic E-state index is 11.3. The molecule has 0 fully saturated rings. The lowest BCUT2D eigenvalue weighted by Crippen LogP contribution is -2.11. The Labute approximate surface area is 130 Å². The fourth-order valence-electron chi connectivity index (χ4n) is 1.44. The number of allylic oxidation sites excluding steroid dienone is 1. The number of carboxylic acids is 1. The van der Waals surface area contributed by atoms with E-state index >= 15 is 0 Å². The van der Waals surface area contributed by atoms with Crippen molar-refractivity contribution >= 4 is 17.9 Å². The van der Waals surface area contributed by atoms with Gasteiger partial charge in [0.25, 0.3) is 0 Å². The SMILES string of the molecule is C=C(CC(=O)O)C(=O)OCCCCCCOC(=O)C=CC.N. The Morgan fingerprint density at radius 2 is 1.59 bits per heavy atom. The van der Waals surface area contributed by atoms with Crippen LogP contribution in [0.4, 0.5) is 0 Å². The second-order valence-corrected chi connectivity index (χ2v) is 4.39. The molecule has 0 amide bonds. The van der Waals surface area contributed by atoms with E-state index in [0.717, 1.165) is 19.3 Å². The van der Waals surface area contributed by atoms with E-state index < -0.39 is 18.4 Å². The van der Waals surface area contributed by atoms with Crippen LogP contribution in [0.5, 0.6) is 0 Å². The smallest absolute Gasteiger partial charge is 0.333 e. The third-order valence-electron chi connectivity index (χ3n) is 2.47. The van der Waals surface area contributed by atoms with E-state index in [-0.39, 0.29) is 24.3 Å². The molecule has 0 heterocycles. The van der Waals surface area contributed by atoms with Crippen LogP contribution >= 0.6 is 0 Å². The summed E-state index contributed by atoms with van der Waals surface area (Å²) in [5.74, 6) is -2.12. The quantitative estimate of drug-likeness (QED) is 0.340. The normalized spacial score (nSPS) is 9.86. The van der Waals surface area contributed by atoms with Crippen molar-refractivity contribution < 1.29 is 29.0 Å². The van der Waals surface area contributed by atoms with E-state index in [1.165, 1.54) is 6.08 Å². The highest BCUT2D eigenvalue weighted by atomic mass is 16.5. The highest BCUT2D eigenvalue weighted by molar-refractivity contribution is 5.92. The predicted molar refractivity (Wildman–Crippen MR) is 81.6 cm³/mol. The van der Waals surface area contributed by atoms with Crippen LogP contribution in [0.3, 0.4) is 0 Å².